The second-order valence-electron chi connectivity index (χ2n) is 6.60. The van der Waals surface area contributed by atoms with Crippen LogP contribution in [0.1, 0.15) is 18.4 Å². The zero-order valence-corrected chi connectivity index (χ0v) is 15.6. The first-order chi connectivity index (χ1) is 12.7. The van der Waals surface area contributed by atoms with Crippen LogP contribution in [-0.4, -0.2) is 35.8 Å². The number of piperidine rings is 1. The summed E-state index contributed by atoms with van der Waals surface area (Å²) in [4.78, 5) is 7.84. The number of halogens is 3. The summed E-state index contributed by atoms with van der Waals surface area (Å²) in [7, 11) is -3.70. The first-order valence-electron chi connectivity index (χ1n) is 8.54. The topological polar surface area (TPSA) is 92.9 Å². The Bertz CT molecular complexity index is 868. The lowest BCUT2D eigenvalue weighted by Crippen LogP contribution is -2.39. The van der Waals surface area contributed by atoms with Crippen molar-refractivity contribution < 1.29 is 17.7 Å². The van der Waals surface area contributed by atoms with Crippen molar-refractivity contribution in [1.29, 1.82) is 0 Å². The van der Waals surface area contributed by atoms with Gasteiger partial charge < -0.3 is 20.9 Å². The zero-order valence-electron chi connectivity index (χ0n) is 14.8. The van der Waals surface area contributed by atoms with E-state index in [0.717, 1.165) is 19.4 Å². The number of alkyl halides is 3. The Balaban J connectivity index is 2.06. The molecule has 27 heavy (non-hydrogen) atoms. The van der Waals surface area contributed by atoms with Gasteiger partial charge in [-0.25, -0.2) is 9.97 Å². The molecule has 0 amide bonds. The van der Waals surface area contributed by atoms with Gasteiger partial charge in [-0.15, -0.1) is 0 Å². The molecule has 2 aromatic rings. The summed E-state index contributed by atoms with van der Waals surface area (Å²) in [5.41, 5.74) is 4.40. The molecule has 0 radical (unpaired) electrons. The summed E-state index contributed by atoms with van der Waals surface area (Å²) >= 11 is 0. The average molecular weight is 399 g/mol. The first kappa shape index (κ1) is 19.6. The molecule has 3 rings (SSSR count). The smallest absolute Gasteiger partial charge is 0.398 e. The Morgan fingerprint density at radius 1 is 1.33 bits per heavy atom. The van der Waals surface area contributed by atoms with E-state index in [1.165, 1.54) is 18.8 Å². The SMILES string of the molecule is C[P@@](=O)(c1ccccc1N)c1nc(N[C@H]2CCCNC2)ncc1C(F)(F)F. The maximum absolute atomic E-state index is 13.5. The molecule has 1 fully saturated rings. The molecule has 0 bridgehead atoms. The summed E-state index contributed by atoms with van der Waals surface area (Å²) < 4.78 is 54.0. The molecule has 1 saturated heterocycles. The normalized spacial score (nSPS) is 20.1. The summed E-state index contributed by atoms with van der Waals surface area (Å²) in [6.45, 7) is 2.81. The molecule has 0 unspecified atom stereocenters. The van der Waals surface area contributed by atoms with Crippen LogP contribution < -0.4 is 27.1 Å². The number of anilines is 2. The standard InChI is InChI=1S/C17H21F3N5OP/c1-27(26,14-7-3-2-6-13(14)21)15-12(17(18,19)20)10-23-16(25-15)24-11-5-4-8-22-9-11/h2-3,6-7,10-11,22H,4-5,8-9,21H2,1H3,(H,23,24,25)/t11-,27+/m0/s1. The molecule has 1 aliphatic rings. The fourth-order valence-electron chi connectivity index (χ4n) is 3.12. The lowest BCUT2D eigenvalue weighted by Gasteiger charge is -2.25. The molecule has 10 heteroatoms. The number of aromatic nitrogens is 2. The lowest BCUT2D eigenvalue weighted by molar-refractivity contribution is -0.137. The van der Waals surface area contributed by atoms with Crippen LogP contribution in [0.5, 0.6) is 0 Å². The van der Waals surface area contributed by atoms with Gasteiger partial charge in [0.2, 0.25) is 5.95 Å². The van der Waals surface area contributed by atoms with Gasteiger partial charge in [-0.1, -0.05) is 12.1 Å². The molecule has 2 atom stereocenters. The molecule has 0 saturated carbocycles. The predicted molar refractivity (Wildman–Crippen MR) is 100 cm³/mol. The van der Waals surface area contributed by atoms with Gasteiger partial charge in [0.1, 0.15) is 11.0 Å². The summed E-state index contributed by atoms with van der Waals surface area (Å²) in [6.07, 6.45) is -2.24. The summed E-state index contributed by atoms with van der Waals surface area (Å²) in [6, 6.07) is 6.19. The largest absolute Gasteiger partial charge is 0.420 e. The zero-order chi connectivity index (χ0) is 19.7. The first-order valence-corrected chi connectivity index (χ1v) is 10.7. The van der Waals surface area contributed by atoms with E-state index in [-0.39, 0.29) is 23.0 Å². The van der Waals surface area contributed by atoms with Crippen LogP contribution in [0, 0.1) is 0 Å². The third kappa shape index (κ3) is 4.25. The summed E-state index contributed by atoms with van der Waals surface area (Å²) in [5, 5.41) is 6.39. The third-order valence-corrected chi connectivity index (χ3v) is 6.98. The van der Waals surface area contributed by atoms with Crippen molar-refractivity contribution in [3.63, 3.8) is 0 Å². The monoisotopic (exact) mass is 399 g/mol. The summed E-state index contributed by atoms with van der Waals surface area (Å²) in [5.74, 6) is 0.0308. The number of nitrogen functional groups attached to an aromatic ring is 1. The molecular formula is C17H21F3N5OP. The maximum atomic E-state index is 13.5. The highest BCUT2D eigenvalue weighted by atomic mass is 31.2. The molecule has 1 aliphatic heterocycles. The van der Waals surface area contributed by atoms with E-state index in [9.17, 15) is 17.7 Å². The van der Waals surface area contributed by atoms with E-state index in [2.05, 4.69) is 20.6 Å². The van der Waals surface area contributed by atoms with Crippen LogP contribution in [-0.2, 0) is 10.7 Å². The Kier molecular flexibility index (Phi) is 5.44. The van der Waals surface area contributed by atoms with Gasteiger partial charge in [-0.05, 0) is 38.2 Å². The fraction of sp³-hybridized carbons (Fsp3) is 0.412. The number of nitrogens with two attached hydrogens (primary N) is 1. The van der Waals surface area contributed by atoms with Crippen molar-refractivity contribution in [3.8, 4) is 0 Å². The minimum atomic E-state index is -4.73. The van der Waals surface area contributed by atoms with Crippen LogP contribution in [0.3, 0.4) is 0 Å². The van der Waals surface area contributed by atoms with Gasteiger partial charge in [0.15, 0.2) is 7.14 Å². The molecule has 0 aliphatic carbocycles. The highest BCUT2D eigenvalue weighted by Crippen LogP contribution is 2.44. The van der Waals surface area contributed by atoms with E-state index in [1.807, 2.05) is 0 Å². The van der Waals surface area contributed by atoms with E-state index in [1.54, 1.807) is 12.1 Å². The van der Waals surface area contributed by atoms with E-state index in [0.29, 0.717) is 12.7 Å². The average Bonchev–Trinajstić information content (AvgIpc) is 2.62. The van der Waals surface area contributed by atoms with Crippen molar-refractivity contribution in [2.45, 2.75) is 25.1 Å². The van der Waals surface area contributed by atoms with Crippen LogP contribution >= 0.6 is 7.14 Å². The highest BCUT2D eigenvalue weighted by molar-refractivity contribution is 7.78. The van der Waals surface area contributed by atoms with Crippen LogP contribution in [0.25, 0.3) is 0 Å². The van der Waals surface area contributed by atoms with Gasteiger partial charge in [-0.2, -0.15) is 13.2 Å². The Morgan fingerprint density at radius 3 is 2.70 bits per heavy atom. The fourth-order valence-corrected chi connectivity index (χ4v) is 5.21. The Hall–Kier alpha value is -2.12. The van der Waals surface area contributed by atoms with Gasteiger partial charge in [-0.3, -0.25) is 0 Å². The number of nitrogens with one attached hydrogen (secondary N) is 2. The van der Waals surface area contributed by atoms with E-state index >= 15 is 0 Å². The van der Waals surface area contributed by atoms with E-state index < -0.39 is 24.3 Å². The molecule has 146 valence electrons. The molecule has 1 aromatic heterocycles. The molecule has 2 heterocycles. The molecule has 4 N–H and O–H groups in total. The van der Waals surface area contributed by atoms with Crippen molar-refractivity contribution in [2.75, 3.05) is 30.8 Å². The number of hydrogen-bond acceptors (Lipinski definition) is 6. The van der Waals surface area contributed by atoms with Gasteiger partial charge in [0, 0.05) is 29.8 Å². The lowest BCUT2D eigenvalue weighted by atomic mass is 10.1. The van der Waals surface area contributed by atoms with Gasteiger partial charge in [0.05, 0.1) is 0 Å². The van der Waals surface area contributed by atoms with Crippen molar-refractivity contribution in [1.82, 2.24) is 15.3 Å². The number of hydrogen-bond donors (Lipinski definition) is 3. The second-order valence-corrected chi connectivity index (χ2v) is 9.35. The van der Waals surface area contributed by atoms with Gasteiger partial charge in [0.25, 0.3) is 0 Å². The maximum Gasteiger partial charge on any atom is 0.420 e. The molecular weight excluding hydrogens is 378 g/mol. The van der Waals surface area contributed by atoms with Crippen LogP contribution in [0.4, 0.5) is 24.8 Å². The minimum Gasteiger partial charge on any atom is -0.398 e. The highest BCUT2D eigenvalue weighted by Gasteiger charge is 2.41. The van der Waals surface area contributed by atoms with Crippen LogP contribution in [0.15, 0.2) is 30.5 Å². The second kappa shape index (κ2) is 7.48. The Morgan fingerprint density at radius 2 is 2.07 bits per heavy atom. The van der Waals surface area contributed by atoms with Crippen molar-refractivity contribution in [2.24, 2.45) is 0 Å². The molecule has 0 spiro atoms. The van der Waals surface area contributed by atoms with E-state index in [4.69, 9.17) is 5.73 Å². The Labute approximate surface area is 155 Å². The van der Waals surface area contributed by atoms with Crippen molar-refractivity contribution in [3.05, 3.63) is 36.0 Å². The number of nitrogens with zero attached hydrogens (tertiary/aromatic N) is 2. The number of para-hydroxylation sites is 1. The van der Waals surface area contributed by atoms with Crippen LogP contribution in [0.2, 0.25) is 0 Å². The molecule has 1 aromatic carbocycles. The number of benzene rings is 1. The number of rotatable bonds is 4. The minimum absolute atomic E-state index is 0.00127. The third-order valence-electron chi connectivity index (χ3n) is 4.50. The predicted octanol–water partition coefficient (Wildman–Crippen LogP) is 2.19. The molecule has 6 nitrogen and oxygen atoms in total. The quantitative estimate of drug-likeness (QED) is 0.539. The van der Waals surface area contributed by atoms with Crippen molar-refractivity contribution >= 4 is 29.5 Å². The van der Waals surface area contributed by atoms with Gasteiger partial charge >= 0.3 is 6.18 Å².